The van der Waals surface area contributed by atoms with E-state index in [0.29, 0.717) is 0 Å². The number of hydrogen-bond acceptors (Lipinski definition) is 2. The molecular weight excluding hydrogens is 256 g/mol. The lowest BCUT2D eigenvalue weighted by Crippen LogP contribution is -2.34. The van der Waals surface area contributed by atoms with Crippen LogP contribution >= 0.6 is 0 Å². The van der Waals surface area contributed by atoms with E-state index in [9.17, 15) is 0 Å². The lowest BCUT2D eigenvalue weighted by Gasteiger charge is -2.33. The van der Waals surface area contributed by atoms with Gasteiger partial charge in [0.2, 0.25) is 0 Å². The van der Waals surface area contributed by atoms with Crippen molar-refractivity contribution in [3.63, 3.8) is 0 Å². The molecule has 0 atom stereocenters. The molecule has 1 heterocycles. The minimum absolute atomic E-state index is 0.817. The van der Waals surface area contributed by atoms with Crippen molar-refractivity contribution in [3.8, 4) is 0 Å². The molecule has 1 aliphatic rings. The molecule has 0 aromatic heterocycles. The van der Waals surface area contributed by atoms with Gasteiger partial charge in [0, 0.05) is 24.5 Å². The third-order valence-corrected chi connectivity index (χ3v) is 4.52. The van der Waals surface area contributed by atoms with Crippen molar-refractivity contribution in [2.75, 3.05) is 23.7 Å². The topological polar surface area (TPSA) is 29.3 Å². The Hall–Kier alpha value is -1.96. The Morgan fingerprint density at radius 2 is 1.57 bits per heavy atom. The summed E-state index contributed by atoms with van der Waals surface area (Å²) in [4.78, 5) is 2.48. The standard InChI is InChI=1S/C19H24N2/c1-15-2-4-16(5-3-15)14-17-10-12-21(13-11-17)19-8-6-18(20)7-9-19/h2-9,17H,10-14,20H2,1H3. The molecule has 0 bridgehead atoms. The van der Waals surface area contributed by atoms with Crippen molar-refractivity contribution >= 4 is 11.4 Å². The highest BCUT2D eigenvalue weighted by Crippen LogP contribution is 2.26. The van der Waals surface area contributed by atoms with Crippen LogP contribution in [0.2, 0.25) is 0 Å². The fourth-order valence-electron chi connectivity index (χ4n) is 3.14. The molecule has 0 spiro atoms. The van der Waals surface area contributed by atoms with Gasteiger partial charge in [0.15, 0.2) is 0 Å². The largest absolute Gasteiger partial charge is 0.399 e. The highest BCUT2D eigenvalue weighted by molar-refractivity contribution is 5.53. The second kappa shape index (κ2) is 6.21. The van der Waals surface area contributed by atoms with Crippen LogP contribution in [0.1, 0.15) is 24.0 Å². The first-order valence-electron chi connectivity index (χ1n) is 7.87. The highest BCUT2D eigenvalue weighted by atomic mass is 15.1. The normalized spacial score (nSPS) is 16.1. The Labute approximate surface area is 127 Å². The first-order chi connectivity index (χ1) is 10.2. The van der Waals surface area contributed by atoms with E-state index in [1.807, 2.05) is 12.1 Å². The zero-order chi connectivity index (χ0) is 14.7. The number of aryl methyl sites for hydroxylation is 1. The van der Waals surface area contributed by atoms with Crippen LogP contribution in [0, 0.1) is 12.8 Å². The van der Waals surface area contributed by atoms with E-state index < -0.39 is 0 Å². The van der Waals surface area contributed by atoms with Crippen molar-refractivity contribution in [2.24, 2.45) is 5.92 Å². The van der Waals surface area contributed by atoms with Gasteiger partial charge in [0.05, 0.1) is 0 Å². The van der Waals surface area contributed by atoms with Crippen molar-refractivity contribution in [3.05, 3.63) is 59.7 Å². The predicted molar refractivity (Wildman–Crippen MR) is 90.7 cm³/mol. The average Bonchev–Trinajstić information content (AvgIpc) is 2.51. The molecule has 2 aromatic carbocycles. The predicted octanol–water partition coefficient (Wildman–Crippen LogP) is 4.04. The van der Waals surface area contributed by atoms with Crippen molar-refractivity contribution < 1.29 is 0 Å². The second-order valence-corrected chi connectivity index (χ2v) is 6.21. The number of nitrogens with zero attached hydrogens (tertiary/aromatic N) is 1. The number of nitrogen functional groups attached to an aromatic ring is 1. The number of anilines is 2. The summed E-state index contributed by atoms with van der Waals surface area (Å²) in [6.45, 7) is 4.45. The van der Waals surface area contributed by atoms with Crippen molar-refractivity contribution in [1.29, 1.82) is 0 Å². The van der Waals surface area contributed by atoms with Gasteiger partial charge in [-0.3, -0.25) is 0 Å². The summed E-state index contributed by atoms with van der Waals surface area (Å²) < 4.78 is 0. The summed E-state index contributed by atoms with van der Waals surface area (Å²) in [5.41, 5.74) is 10.7. The number of rotatable bonds is 3. The smallest absolute Gasteiger partial charge is 0.0367 e. The van der Waals surface area contributed by atoms with Crippen molar-refractivity contribution in [2.45, 2.75) is 26.2 Å². The molecule has 0 radical (unpaired) electrons. The van der Waals surface area contributed by atoms with Gasteiger partial charge in [-0.2, -0.15) is 0 Å². The maximum atomic E-state index is 5.76. The maximum absolute atomic E-state index is 5.76. The SMILES string of the molecule is Cc1ccc(CC2CCN(c3ccc(N)cc3)CC2)cc1. The third-order valence-electron chi connectivity index (χ3n) is 4.52. The Balaban J connectivity index is 1.55. The van der Waals surface area contributed by atoms with Crippen LogP contribution in [0.15, 0.2) is 48.5 Å². The molecular formula is C19H24N2. The molecule has 0 aliphatic carbocycles. The minimum atomic E-state index is 0.817. The van der Waals surface area contributed by atoms with Crippen LogP contribution in [-0.2, 0) is 6.42 Å². The molecule has 1 fully saturated rings. The van der Waals surface area contributed by atoms with E-state index in [-0.39, 0.29) is 0 Å². The molecule has 1 saturated heterocycles. The van der Waals surface area contributed by atoms with Gasteiger partial charge >= 0.3 is 0 Å². The third kappa shape index (κ3) is 3.57. The molecule has 3 rings (SSSR count). The number of hydrogen-bond donors (Lipinski definition) is 1. The van der Waals surface area contributed by atoms with Gasteiger partial charge < -0.3 is 10.6 Å². The second-order valence-electron chi connectivity index (χ2n) is 6.21. The van der Waals surface area contributed by atoms with Crippen LogP contribution in [-0.4, -0.2) is 13.1 Å². The fraction of sp³-hybridized carbons (Fsp3) is 0.368. The zero-order valence-corrected chi connectivity index (χ0v) is 12.8. The van der Waals surface area contributed by atoms with Gasteiger partial charge in [0.25, 0.3) is 0 Å². The van der Waals surface area contributed by atoms with Gasteiger partial charge in [-0.05, 0) is 61.9 Å². The zero-order valence-electron chi connectivity index (χ0n) is 12.8. The maximum Gasteiger partial charge on any atom is 0.0367 e. The quantitative estimate of drug-likeness (QED) is 0.860. The van der Waals surface area contributed by atoms with Crippen LogP contribution in [0.3, 0.4) is 0 Å². The van der Waals surface area contributed by atoms with E-state index >= 15 is 0 Å². The molecule has 110 valence electrons. The number of piperidine rings is 1. The molecule has 0 saturated carbocycles. The summed E-state index contributed by atoms with van der Waals surface area (Å²) >= 11 is 0. The Kier molecular flexibility index (Phi) is 4.14. The molecule has 0 amide bonds. The van der Waals surface area contributed by atoms with Crippen LogP contribution < -0.4 is 10.6 Å². The van der Waals surface area contributed by atoms with E-state index in [0.717, 1.165) is 24.7 Å². The van der Waals surface area contributed by atoms with E-state index in [4.69, 9.17) is 5.73 Å². The molecule has 1 aliphatic heterocycles. The first-order valence-corrected chi connectivity index (χ1v) is 7.87. The van der Waals surface area contributed by atoms with E-state index in [2.05, 4.69) is 48.2 Å². The number of nitrogens with two attached hydrogens (primary N) is 1. The lowest BCUT2D eigenvalue weighted by molar-refractivity contribution is 0.404. The lowest BCUT2D eigenvalue weighted by atomic mass is 9.90. The molecule has 0 unspecified atom stereocenters. The van der Waals surface area contributed by atoms with Gasteiger partial charge in [0.1, 0.15) is 0 Å². The molecule has 2 aromatic rings. The molecule has 2 N–H and O–H groups in total. The van der Waals surface area contributed by atoms with Crippen molar-refractivity contribution in [1.82, 2.24) is 0 Å². The minimum Gasteiger partial charge on any atom is -0.399 e. The monoisotopic (exact) mass is 280 g/mol. The molecule has 2 heteroatoms. The van der Waals surface area contributed by atoms with Crippen LogP contribution in [0.25, 0.3) is 0 Å². The summed E-state index contributed by atoms with van der Waals surface area (Å²) in [6.07, 6.45) is 3.77. The Bertz CT molecular complexity index is 564. The number of benzene rings is 2. The first kappa shape index (κ1) is 14.0. The Morgan fingerprint density at radius 3 is 2.19 bits per heavy atom. The Morgan fingerprint density at radius 1 is 0.952 bits per heavy atom. The van der Waals surface area contributed by atoms with Crippen LogP contribution in [0.5, 0.6) is 0 Å². The van der Waals surface area contributed by atoms with Gasteiger partial charge in [-0.1, -0.05) is 29.8 Å². The summed E-state index contributed by atoms with van der Waals surface area (Å²) in [7, 11) is 0. The van der Waals surface area contributed by atoms with E-state index in [1.54, 1.807) is 0 Å². The highest BCUT2D eigenvalue weighted by Gasteiger charge is 2.19. The van der Waals surface area contributed by atoms with Gasteiger partial charge in [-0.15, -0.1) is 0 Å². The summed E-state index contributed by atoms with van der Waals surface area (Å²) in [5.74, 6) is 0.817. The molecule has 21 heavy (non-hydrogen) atoms. The fourth-order valence-corrected chi connectivity index (χ4v) is 3.14. The van der Waals surface area contributed by atoms with E-state index in [1.165, 1.54) is 36.1 Å². The average molecular weight is 280 g/mol. The summed E-state index contributed by atoms with van der Waals surface area (Å²) in [6, 6.07) is 17.3. The summed E-state index contributed by atoms with van der Waals surface area (Å²) in [5, 5.41) is 0. The van der Waals surface area contributed by atoms with Crippen LogP contribution in [0.4, 0.5) is 11.4 Å². The molecule has 2 nitrogen and oxygen atoms in total. The van der Waals surface area contributed by atoms with Gasteiger partial charge in [-0.25, -0.2) is 0 Å².